The zero-order valence-corrected chi connectivity index (χ0v) is 11.0. The molecule has 1 fully saturated rings. The lowest BCUT2D eigenvalue weighted by atomic mass is 10.1. The highest BCUT2D eigenvalue weighted by Crippen LogP contribution is 2.37. The van der Waals surface area contributed by atoms with Gasteiger partial charge in [-0.25, -0.2) is 8.91 Å². The standard InChI is InChI=1S/C12H15FN4S/c1-12(5-2-6-18-12)8-14-11-15-10-4-3-9(13)7-17(10)16-11/h3-4,7H,2,5-6,8H2,1H3,(H,14,16). The van der Waals surface area contributed by atoms with Crippen molar-refractivity contribution in [3.63, 3.8) is 0 Å². The highest BCUT2D eigenvalue weighted by atomic mass is 32.2. The zero-order chi connectivity index (χ0) is 12.6. The van der Waals surface area contributed by atoms with Gasteiger partial charge in [-0.15, -0.1) is 5.10 Å². The molecule has 3 rings (SSSR count). The highest BCUT2D eigenvalue weighted by Gasteiger charge is 2.29. The van der Waals surface area contributed by atoms with Crippen molar-refractivity contribution < 1.29 is 4.39 Å². The van der Waals surface area contributed by atoms with Crippen molar-refractivity contribution in [3.05, 3.63) is 24.1 Å². The van der Waals surface area contributed by atoms with E-state index >= 15 is 0 Å². The van der Waals surface area contributed by atoms with Gasteiger partial charge in [0.1, 0.15) is 5.82 Å². The Bertz CT molecular complexity index is 562. The van der Waals surface area contributed by atoms with E-state index in [9.17, 15) is 4.39 Å². The van der Waals surface area contributed by atoms with Crippen LogP contribution in [0.5, 0.6) is 0 Å². The number of anilines is 1. The molecule has 1 aliphatic rings. The SMILES string of the molecule is CC1(CNc2nc3ccc(F)cn3n2)CCCS1. The summed E-state index contributed by atoms with van der Waals surface area (Å²) in [5.41, 5.74) is 0.656. The predicted octanol–water partition coefficient (Wildman–Crippen LogP) is 2.57. The molecule has 0 bridgehead atoms. The summed E-state index contributed by atoms with van der Waals surface area (Å²) in [5.74, 6) is 1.48. The predicted molar refractivity (Wildman–Crippen MR) is 71.5 cm³/mol. The molecule has 1 aliphatic heterocycles. The number of hydrogen-bond acceptors (Lipinski definition) is 4. The Morgan fingerprint density at radius 1 is 1.56 bits per heavy atom. The zero-order valence-electron chi connectivity index (χ0n) is 10.2. The number of thioether (sulfide) groups is 1. The van der Waals surface area contributed by atoms with Crippen LogP contribution in [0.25, 0.3) is 5.65 Å². The van der Waals surface area contributed by atoms with E-state index in [4.69, 9.17) is 0 Å². The molecule has 0 radical (unpaired) electrons. The van der Waals surface area contributed by atoms with E-state index in [1.165, 1.54) is 35.4 Å². The van der Waals surface area contributed by atoms with Gasteiger partial charge in [-0.3, -0.25) is 0 Å². The number of halogens is 1. The molecule has 18 heavy (non-hydrogen) atoms. The summed E-state index contributed by atoms with van der Waals surface area (Å²) in [5, 5.41) is 7.46. The largest absolute Gasteiger partial charge is 0.352 e. The minimum Gasteiger partial charge on any atom is -0.352 e. The molecule has 1 saturated heterocycles. The van der Waals surface area contributed by atoms with Gasteiger partial charge in [0.05, 0.1) is 6.20 Å². The van der Waals surface area contributed by atoms with E-state index in [1.54, 1.807) is 6.07 Å². The van der Waals surface area contributed by atoms with Crippen LogP contribution in [0.2, 0.25) is 0 Å². The van der Waals surface area contributed by atoms with Gasteiger partial charge in [0.2, 0.25) is 5.95 Å². The van der Waals surface area contributed by atoms with Gasteiger partial charge in [0, 0.05) is 11.3 Å². The first-order chi connectivity index (χ1) is 8.65. The van der Waals surface area contributed by atoms with Gasteiger partial charge in [-0.2, -0.15) is 16.7 Å². The molecule has 0 saturated carbocycles. The maximum atomic E-state index is 13.0. The molecule has 6 heteroatoms. The summed E-state index contributed by atoms with van der Waals surface area (Å²) >= 11 is 1.99. The molecule has 0 spiro atoms. The molecular weight excluding hydrogens is 251 g/mol. The van der Waals surface area contributed by atoms with Crippen LogP contribution in [0.15, 0.2) is 18.3 Å². The fraction of sp³-hybridized carbons (Fsp3) is 0.500. The molecule has 1 N–H and O–H groups in total. The van der Waals surface area contributed by atoms with Crippen LogP contribution in [0.1, 0.15) is 19.8 Å². The third-order valence-corrected chi connectivity index (χ3v) is 4.75. The number of nitrogens with zero attached hydrogens (tertiary/aromatic N) is 3. The Morgan fingerprint density at radius 3 is 3.22 bits per heavy atom. The summed E-state index contributed by atoms with van der Waals surface area (Å²) < 4.78 is 14.8. The van der Waals surface area contributed by atoms with Crippen molar-refractivity contribution in [2.75, 3.05) is 17.6 Å². The maximum absolute atomic E-state index is 13.0. The smallest absolute Gasteiger partial charge is 0.243 e. The Labute approximate surface area is 109 Å². The van der Waals surface area contributed by atoms with Crippen molar-refractivity contribution in [2.45, 2.75) is 24.5 Å². The van der Waals surface area contributed by atoms with Crippen molar-refractivity contribution in [1.82, 2.24) is 14.6 Å². The van der Waals surface area contributed by atoms with E-state index in [0.29, 0.717) is 11.6 Å². The van der Waals surface area contributed by atoms with Crippen LogP contribution in [-0.2, 0) is 0 Å². The average Bonchev–Trinajstić information content (AvgIpc) is 2.93. The normalized spacial score (nSPS) is 23.7. The van der Waals surface area contributed by atoms with Gasteiger partial charge in [0.25, 0.3) is 0 Å². The van der Waals surface area contributed by atoms with E-state index in [2.05, 4.69) is 22.3 Å². The number of aromatic nitrogens is 3. The summed E-state index contributed by atoms with van der Waals surface area (Å²) in [6, 6.07) is 3.02. The lowest BCUT2D eigenvalue weighted by Crippen LogP contribution is -2.27. The van der Waals surface area contributed by atoms with E-state index in [-0.39, 0.29) is 10.6 Å². The average molecular weight is 266 g/mol. The summed E-state index contributed by atoms with van der Waals surface area (Å²) in [6.45, 7) is 3.10. The van der Waals surface area contributed by atoms with Crippen molar-refractivity contribution in [1.29, 1.82) is 0 Å². The van der Waals surface area contributed by atoms with Crippen LogP contribution in [0, 0.1) is 5.82 Å². The Hall–Kier alpha value is -1.30. The minimum absolute atomic E-state index is 0.267. The van der Waals surface area contributed by atoms with E-state index in [0.717, 1.165) is 6.54 Å². The van der Waals surface area contributed by atoms with Gasteiger partial charge in [-0.1, -0.05) is 0 Å². The van der Waals surface area contributed by atoms with Crippen LogP contribution < -0.4 is 5.32 Å². The fourth-order valence-electron chi connectivity index (χ4n) is 2.18. The first-order valence-electron chi connectivity index (χ1n) is 6.04. The Balaban J connectivity index is 1.74. The lowest BCUT2D eigenvalue weighted by molar-refractivity contribution is 0.614. The summed E-state index contributed by atoms with van der Waals surface area (Å²) in [6.07, 6.45) is 3.82. The summed E-state index contributed by atoms with van der Waals surface area (Å²) in [7, 11) is 0. The minimum atomic E-state index is -0.308. The third-order valence-electron chi connectivity index (χ3n) is 3.22. The second-order valence-corrected chi connectivity index (χ2v) is 6.52. The molecule has 0 amide bonds. The molecule has 2 aromatic heterocycles. The van der Waals surface area contributed by atoms with Crippen LogP contribution >= 0.6 is 11.8 Å². The lowest BCUT2D eigenvalue weighted by Gasteiger charge is -2.22. The number of rotatable bonds is 3. The molecule has 1 atom stereocenters. The number of fused-ring (bicyclic) bond motifs is 1. The number of pyridine rings is 1. The molecular formula is C12H15FN4S. The summed E-state index contributed by atoms with van der Waals surface area (Å²) in [4.78, 5) is 4.31. The Kier molecular flexibility index (Phi) is 2.89. The van der Waals surface area contributed by atoms with Crippen molar-refractivity contribution >= 4 is 23.4 Å². The maximum Gasteiger partial charge on any atom is 0.243 e. The molecule has 0 aromatic carbocycles. The second kappa shape index (κ2) is 4.42. The van der Waals surface area contributed by atoms with E-state index < -0.39 is 0 Å². The van der Waals surface area contributed by atoms with Crippen molar-refractivity contribution in [3.8, 4) is 0 Å². The topological polar surface area (TPSA) is 42.2 Å². The van der Waals surface area contributed by atoms with Gasteiger partial charge >= 0.3 is 0 Å². The van der Waals surface area contributed by atoms with Gasteiger partial charge in [-0.05, 0) is 37.7 Å². The van der Waals surface area contributed by atoms with Gasteiger partial charge < -0.3 is 5.32 Å². The molecule has 2 aromatic rings. The molecule has 0 aliphatic carbocycles. The monoisotopic (exact) mass is 266 g/mol. The molecule has 3 heterocycles. The number of hydrogen-bond donors (Lipinski definition) is 1. The second-order valence-electron chi connectivity index (χ2n) is 4.84. The van der Waals surface area contributed by atoms with Crippen LogP contribution in [0.4, 0.5) is 10.3 Å². The van der Waals surface area contributed by atoms with Gasteiger partial charge in [0.15, 0.2) is 5.65 Å². The van der Waals surface area contributed by atoms with Crippen molar-refractivity contribution in [2.24, 2.45) is 0 Å². The number of nitrogens with one attached hydrogen (secondary N) is 1. The fourth-order valence-corrected chi connectivity index (χ4v) is 3.42. The third kappa shape index (κ3) is 2.29. The quantitative estimate of drug-likeness (QED) is 0.927. The molecule has 96 valence electrons. The molecule has 4 nitrogen and oxygen atoms in total. The van der Waals surface area contributed by atoms with E-state index in [1.807, 2.05) is 11.8 Å². The van der Waals surface area contributed by atoms with Crippen LogP contribution in [-0.4, -0.2) is 31.6 Å². The Morgan fingerprint density at radius 2 is 2.44 bits per heavy atom. The first kappa shape index (κ1) is 11.8. The first-order valence-corrected chi connectivity index (χ1v) is 7.03. The highest BCUT2D eigenvalue weighted by molar-refractivity contribution is 8.00. The molecule has 1 unspecified atom stereocenters. The van der Waals surface area contributed by atoms with Crippen LogP contribution in [0.3, 0.4) is 0 Å².